The Hall–Kier alpha value is -4.40. The number of nitrogens with zero attached hydrogens (tertiary/aromatic N) is 5. The third kappa shape index (κ3) is 5.02. The van der Waals surface area contributed by atoms with E-state index in [1.165, 1.54) is 24.3 Å². The van der Waals surface area contributed by atoms with Gasteiger partial charge in [0.2, 0.25) is 0 Å². The fourth-order valence-corrected chi connectivity index (χ4v) is 8.83. The van der Waals surface area contributed by atoms with Gasteiger partial charge in [-0.1, -0.05) is 31.9 Å². The van der Waals surface area contributed by atoms with E-state index in [-0.39, 0.29) is 70.0 Å². The molecule has 2 aromatic carbocycles. The quantitative estimate of drug-likeness (QED) is 0.185. The highest BCUT2D eigenvalue weighted by Gasteiger charge is 2.49. The van der Waals surface area contributed by atoms with Crippen molar-refractivity contribution in [3.05, 3.63) is 59.8 Å². The summed E-state index contributed by atoms with van der Waals surface area (Å²) in [5.74, 6) is 1.31. The number of alkyl halides is 1. The Morgan fingerprint density at radius 2 is 2.02 bits per heavy atom. The first-order valence-electron chi connectivity index (χ1n) is 17.1. The van der Waals surface area contributed by atoms with Crippen LogP contribution in [-0.4, -0.2) is 81.5 Å². The molecule has 8 nitrogen and oxygen atoms in total. The first-order valence-corrected chi connectivity index (χ1v) is 17.1. The number of rotatable bonds is 6. The Kier molecular flexibility index (Phi) is 7.72. The topological polar surface area (TPSA) is 86.6 Å². The van der Waals surface area contributed by atoms with Crippen LogP contribution >= 0.6 is 0 Å². The van der Waals surface area contributed by atoms with Crippen LogP contribution in [-0.2, 0) is 0 Å². The Morgan fingerprint density at radius 3 is 2.82 bits per heavy atom. The molecule has 0 aliphatic carbocycles. The smallest absolute Gasteiger partial charge is 0.319 e. The first kappa shape index (κ1) is 31.8. The lowest BCUT2D eigenvalue weighted by Gasteiger charge is -2.43. The monoisotopic (exact) mass is 668 g/mol. The van der Waals surface area contributed by atoms with Crippen molar-refractivity contribution >= 4 is 27.5 Å². The number of phenols is 1. The standard InChI is InChI=1S/C38H39F3N6O2/c1-5-8-24-18-47-29(16-42-24)20(3)21(4)33-31-35(44-37(45-36(31)47)49-19-38-11-7-12-46(38)17-23(39)15-38)32(41)34(43-33)27-14-25(48)13-22-9-10-28(40)26(6-2)30(22)27/h2,5,9-10,13-14,20-21,23-24,29,42,48H,1,7-8,11-12,15-19H2,3-4H3/t20-,21+,23+,24+,29+,38-/m0/s1. The molecule has 49 heavy (non-hydrogen) atoms. The number of hydrogen-bond acceptors (Lipinski definition) is 8. The van der Waals surface area contributed by atoms with Crippen LogP contribution in [0, 0.1) is 29.9 Å². The Bertz CT molecular complexity index is 2050. The highest BCUT2D eigenvalue weighted by Crippen LogP contribution is 2.47. The van der Waals surface area contributed by atoms with Crippen molar-refractivity contribution in [3.63, 3.8) is 0 Å². The van der Waals surface area contributed by atoms with Crippen LogP contribution in [0.15, 0.2) is 36.9 Å². The molecule has 254 valence electrons. The number of aromatic hydroxyl groups is 1. The number of fused-ring (bicyclic) bond motifs is 4. The van der Waals surface area contributed by atoms with E-state index in [0.29, 0.717) is 48.3 Å². The van der Waals surface area contributed by atoms with Gasteiger partial charge in [-0.3, -0.25) is 4.90 Å². The molecule has 0 bridgehead atoms. The molecule has 0 unspecified atom stereocenters. The van der Waals surface area contributed by atoms with Gasteiger partial charge in [0, 0.05) is 55.0 Å². The van der Waals surface area contributed by atoms with E-state index in [1.807, 2.05) is 6.08 Å². The van der Waals surface area contributed by atoms with E-state index >= 15 is 8.78 Å². The summed E-state index contributed by atoms with van der Waals surface area (Å²) < 4.78 is 53.4. The second-order valence-electron chi connectivity index (χ2n) is 14.2. The van der Waals surface area contributed by atoms with Gasteiger partial charge in [0.05, 0.1) is 22.2 Å². The minimum absolute atomic E-state index is 0.00231. The number of aromatic nitrogens is 3. The van der Waals surface area contributed by atoms with E-state index < -0.39 is 23.3 Å². The molecule has 0 spiro atoms. The summed E-state index contributed by atoms with van der Waals surface area (Å²) in [5, 5.41) is 15.6. The van der Waals surface area contributed by atoms with Crippen molar-refractivity contribution in [2.45, 2.75) is 69.2 Å². The fraction of sp³-hybridized carbons (Fsp3) is 0.447. The summed E-state index contributed by atoms with van der Waals surface area (Å²) in [4.78, 5) is 19.1. The maximum Gasteiger partial charge on any atom is 0.319 e. The predicted molar refractivity (Wildman–Crippen MR) is 184 cm³/mol. The number of piperazine rings is 1. The predicted octanol–water partition coefficient (Wildman–Crippen LogP) is 6.24. The van der Waals surface area contributed by atoms with Crippen LogP contribution in [0.25, 0.3) is 32.9 Å². The van der Waals surface area contributed by atoms with Crippen molar-refractivity contribution in [1.29, 1.82) is 0 Å². The van der Waals surface area contributed by atoms with Gasteiger partial charge in [0.15, 0.2) is 5.82 Å². The summed E-state index contributed by atoms with van der Waals surface area (Å²) in [6.07, 6.45) is 9.60. The lowest BCUT2D eigenvalue weighted by molar-refractivity contribution is 0.107. The molecule has 2 aromatic heterocycles. The number of halogens is 3. The van der Waals surface area contributed by atoms with Crippen LogP contribution in [0.3, 0.4) is 0 Å². The third-order valence-corrected chi connectivity index (χ3v) is 11.4. The molecule has 0 radical (unpaired) electrons. The number of hydrogen-bond donors (Lipinski definition) is 2. The third-order valence-electron chi connectivity index (χ3n) is 11.4. The molecule has 4 aliphatic rings. The first-order chi connectivity index (χ1) is 23.6. The number of phenolic OH excluding ortho intramolecular Hbond substituents is 1. The van der Waals surface area contributed by atoms with Crippen LogP contribution < -0.4 is 15.0 Å². The fourth-order valence-electron chi connectivity index (χ4n) is 8.83. The van der Waals surface area contributed by atoms with E-state index in [9.17, 15) is 9.50 Å². The summed E-state index contributed by atoms with van der Waals surface area (Å²) in [5.41, 5.74) is 0.180. The van der Waals surface area contributed by atoms with Gasteiger partial charge in [-0.25, -0.2) is 18.2 Å². The normalized spacial score (nSPS) is 27.9. The van der Waals surface area contributed by atoms with Gasteiger partial charge in [-0.15, -0.1) is 13.0 Å². The Labute approximate surface area is 283 Å². The lowest BCUT2D eigenvalue weighted by Crippen LogP contribution is -2.59. The number of anilines is 1. The molecule has 0 saturated carbocycles. The molecular weight excluding hydrogens is 629 g/mol. The second-order valence-corrected chi connectivity index (χ2v) is 14.2. The van der Waals surface area contributed by atoms with E-state index in [2.05, 4.69) is 41.5 Å². The zero-order valence-corrected chi connectivity index (χ0v) is 27.6. The summed E-state index contributed by atoms with van der Waals surface area (Å²) in [7, 11) is 0. The molecule has 6 atom stereocenters. The van der Waals surface area contributed by atoms with Gasteiger partial charge in [0.1, 0.15) is 41.4 Å². The van der Waals surface area contributed by atoms with Gasteiger partial charge in [0.25, 0.3) is 0 Å². The van der Waals surface area contributed by atoms with Crippen molar-refractivity contribution in [2.75, 3.05) is 37.7 Å². The van der Waals surface area contributed by atoms with Crippen molar-refractivity contribution in [2.24, 2.45) is 5.92 Å². The van der Waals surface area contributed by atoms with Crippen LogP contribution in [0.2, 0.25) is 0 Å². The van der Waals surface area contributed by atoms with E-state index in [4.69, 9.17) is 26.1 Å². The van der Waals surface area contributed by atoms with Crippen molar-refractivity contribution in [1.82, 2.24) is 25.2 Å². The average Bonchev–Trinajstić information content (AvgIpc) is 3.60. The number of nitrogens with one attached hydrogen (secondary N) is 1. The molecule has 8 rings (SSSR count). The number of ether oxygens (including phenoxy) is 1. The second kappa shape index (κ2) is 11.9. The number of benzene rings is 2. The largest absolute Gasteiger partial charge is 0.508 e. The van der Waals surface area contributed by atoms with Gasteiger partial charge in [-0.2, -0.15) is 9.97 Å². The number of pyridine rings is 1. The van der Waals surface area contributed by atoms with Crippen molar-refractivity contribution < 1.29 is 23.0 Å². The van der Waals surface area contributed by atoms with Gasteiger partial charge < -0.3 is 20.1 Å². The highest BCUT2D eigenvalue weighted by molar-refractivity contribution is 6.03. The zero-order valence-electron chi connectivity index (χ0n) is 27.6. The summed E-state index contributed by atoms with van der Waals surface area (Å²) in [6, 6.07) is 5.67. The number of terminal acetylenes is 1. The van der Waals surface area contributed by atoms with Gasteiger partial charge >= 0.3 is 6.01 Å². The highest BCUT2D eigenvalue weighted by atomic mass is 19.1. The molecule has 4 aliphatic heterocycles. The van der Waals surface area contributed by atoms with E-state index in [0.717, 1.165) is 25.8 Å². The average molecular weight is 669 g/mol. The minimum Gasteiger partial charge on any atom is -0.508 e. The molecule has 6 heterocycles. The summed E-state index contributed by atoms with van der Waals surface area (Å²) >= 11 is 0. The maximum atomic E-state index is 17.3. The summed E-state index contributed by atoms with van der Waals surface area (Å²) in [6.45, 7) is 10.8. The van der Waals surface area contributed by atoms with E-state index in [1.54, 1.807) is 0 Å². The molecule has 3 fully saturated rings. The van der Waals surface area contributed by atoms with Crippen LogP contribution in [0.1, 0.15) is 56.7 Å². The van der Waals surface area contributed by atoms with Gasteiger partial charge in [-0.05, 0) is 55.3 Å². The molecule has 11 heteroatoms. The van der Waals surface area contributed by atoms with Crippen molar-refractivity contribution in [3.8, 4) is 35.4 Å². The molecule has 3 saturated heterocycles. The van der Waals surface area contributed by atoms with Crippen LogP contribution in [0.4, 0.5) is 19.0 Å². The molecule has 2 N–H and O–H groups in total. The Morgan fingerprint density at radius 1 is 1.18 bits per heavy atom. The Balaban J connectivity index is 1.36. The molecular formula is C38H39F3N6O2. The molecule has 0 amide bonds. The zero-order chi connectivity index (χ0) is 34.2. The molecule has 4 aromatic rings. The SMILES string of the molecule is C#Cc1c(F)ccc2cc(O)cc(-c3nc4c5c(nc(OC[C@@]67CCCN6C[C@H](F)C7)nc5c3F)N3C[C@@H](CC=C)NC[C@@H]3[C@@H](C)[C@H]4C)c12. The lowest BCUT2D eigenvalue weighted by atomic mass is 9.84. The van der Waals surface area contributed by atoms with Crippen LogP contribution in [0.5, 0.6) is 11.8 Å². The minimum atomic E-state index is -0.930. The maximum absolute atomic E-state index is 17.3.